The first-order chi connectivity index (χ1) is 9.09. The summed E-state index contributed by atoms with van der Waals surface area (Å²) in [6.45, 7) is 0. The van der Waals surface area contributed by atoms with Gasteiger partial charge in [-0.25, -0.2) is 4.79 Å². The van der Waals surface area contributed by atoms with Gasteiger partial charge in [0.2, 0.25) is 12.2 Å². The zero-order valence-corrected chi connectivity index (χ0v) is 28.2. The molecule has 5 atom stereocenters. The Morgan fingerprint density at radius 2 is 1.57 bits per heavy atom. The molecule has 0 aliphatic carbocycles. The van der Waals surface area contributed by atoms with Crippen LogP contribution in [0.1, 0.15) is 0 Å². The first kappa shape index (κ1) is 31.7. The summed E-state index contributed by atoms with van der Waals surface area (Å²) in [5.41, 5.74) is 0. The Morgan fingerprint density at radius 3 is 1.96 bits per heavy atom. The minimum atomic E-state index is -2.22. The monoisotopic (exact) mass is 1030 g/mol. The van der Waals surface area contributed by atoms with Gasteiger partial charge in [0.15, 0.2) is 6.10 Å². The number of ether oxygens (including phenoxy) is 3. The Balaban J connectivity index is -0.00000133. The quantitative estimate of drug-likeness (QED) is 0.125. The topological polar surface area (TPSA) is 129 Å². The number of carbonyl (C=O) groups is 1. The molecule has 8 nitrogen and oxygen atoms in total. The summed E-state index contributed by atoms with van der Waals surface area (Å²) < 4.78 is 11.8. The van der Waals surface area contributed by atoms with Crippen molar-refractivity contribution in [2.75, 3.05) is 7.11 Å². The molecule has 3 radical (unpaired) electrons. The Hall–Kier alpha value is 3.97. The maximum Gasteiger partial charge on any atom is 0.337 e. The van der Waals surface area contributed by atoms with Crippen LogP contribution in [0.5, 0.6) is 0 Å². The Bertz CT molecular complexity index is 401. The molecule has 125 valence electrons. The van der Waals surface area contributed by atoms with Crippen molar-refractivity contribution in [3.63, 3.8) is 0 Å². The first-order valence-corrected chi connectivity index (χ1v) is 6.33. The molecule has 0 aromatic carbocycles. The number of nitrogens with one attached hydrogen (secondary N) is 1. The largest absolute Gasteiger partial charge is 0.467 e. The Labute approximate surface area is 254 Å². The van der Waals surface area contributed by atoms with Crippen molar-refractivity contribution in [1.82, 2.24) is 0 Å². The SMILES string of the molecule is COC(=O)[C@H]1OC(OC(=N)C(Cl)(Cl)Cl)C(O)C(O)C1O.[Ac].[Ac].[Ac]. The van der Waals surface area contributed by atoms with E-state index in [1.165, 1.54) is 0 Å². The summed E-state index contributed by atoms with van der Waals surface area (Å²) in [6, 6.07) is 0. The smallest absolute Gasteiger partial charge is 0.337 e. The van der Waals surface area contributed by atoms with Gasteiger partial charge < -0.3 is 29.5 Å². The van der Waals surface area contributed by atoms with E-state index in [1.807, 2.05) is 0 Å². The number of halogens is 3. The van der Waals surface area contributed by atoms with Gasteiger partial charge in [-0.15, -0.1) is 0 Å². The average molecular weight is 1030 g/mol. The molecule has 1 rings (SSSR count). The molecule has 0 aromatic heterocycles. The number of hydrogen-bond donors (Lipinski definition) is 4. The van der Waals surface area contributed by atoms with Crippen LogP contribution in [0.2, 0.25) is 0 Å². The number of rotatable bonds is 2. The fraction of sp³-hybridized carbons (Fsp3) is 0.778. The van der Waals surface area contributed by atoms with Crippen LogP contribution >= 0.6 is 34.8 Å². The van der Waals surface area contributed by atoms with Gasteiger partial charge in [0.1, 0.15) is 18.3 Å². The molecule has 4 unspecified atom stereocenters. The van der Waals surface area contributed by atoms with E-state index in [-0.39, 0.29) is 132 Å². The van der Waals surface area contributed by atoms with Gasteiger partial charge in [-0.05, 0) is 0 Å². The fourth-order valence-corrected chi connectivity index (χ4v) is 1.57. The molecule has 1 aliphatic heterocycles. The third kappa shape index (κ3) is 9.34. The van der Waals surface area contributed by atoms with Crippen molar-refractivity contribution in [2.45, 2.75) is 34.5 Å². The molecule has 1 heterocycles. The molecule has 0 spiro atoms. The third-order valence-corrected chi connectivity index (χ3v) is 3.01. The molecule has 0 amide bonds. The van der Waals surface area contributed by atoms with Gasteiger partial charge in [0.05, 0.1) is 7.11 Å². The van der Waals surface area contributed by atoms with Crippen molar-refractivity contribution < 1.29 is 167 Å². The van der Waals surface area contributed by atoms with E-state index in [4.69, 9.17) is 49.7 Å². The molecule has 0 bridgehead atoms. The number of esters is 1. The molecule has 0 aromatic rings. The van der Waals surface area contributed by atoms with E-state index in [9.17, 15) is 20.1 Å². The minimum absolute atomic E-state index is 0. The number of carbonyl (C=O) groups excluding carboxylic acids is 1. The van der Waals surface area contributed by atoms with Crippen LogP contribution < -0.4 is 0 Å². The number of alkyl halides is 3. The van der Waals surface area contributed by atoms with Gasteiger partial charge in [-0.1, -0.05) is 34.8 Å². The average Bonchev–Trinajstić information content (AvgIpc) is 2.37. The van der Waals surface area contributed by atoms with Crippen molar-refractivity contribution in [3.05, 3.63) is 0 Å². The van der Waals surface area contributed by atoms with E-state index in [0.29, 0.717) is 0 Å². The van der Waals surface area contributed by atoms with Crippen LogP contribution in [-0.4, -0.2) is 68.8 Å². The van der Waals surface area contributed by atoms with Crippen LogP contribution in [0, 0.1) is 138 Å². The molecule has 1 saturated heterocycles. The van der Waals surface area contributed by atoms with Crippen molar-refractivity contribution in [1.29, 1.82) is 5.41 Å². The van der Waals surface area contributed by atoms with E-state index in [0.717, 1.165) is 7.11 Å². The summed E-state index contributed by atoms with van der Waals surface area (Å²) in [5.74, 6) is -1.89. The second-order valence-electron chi connectivity index (χ2n) is 3.86. The van der Waals surface area contributed by atoms with E-state index in [2.05, 4.69) is 4.74 Å². The molecule has 14 heteroatoms. The zero-order valence-electron chi connectivity index (χ0n) is 11.7. The minimum Gasteiger partial charge on any atom is -0.467 e. The van der Waals surface area contributed by atoms with Gasteiger partial charge in [0, 0.05) is 132 Å². The second kappa shape index (κ2) is 14.0. The maximum atomic E-state index is 11.4. The molecule has 1 aliphatic rings. The number of aliphatic hydroxyl groups is 3. The van der Waals surface area contributed by atoms with Gasteiger partial charge in [0.25, 0.3) is 3.79 Å². The molecular weight excluding hydrogens is 1020 g/mol. The fourth-order valence-electron chi connectivity index (χ4n) is 1.44. The van der Waals surface area contributed by atoms with E-state index in [1.54, 1.807) is 0 Å². The van der Waals surface area contributed by atoms with E-state index < -0.39 is 46.4 Å². The summed E-state index contributed by atoms with van der Waals surface area (Å²) in [6.07, 6.45) is -8.59. The third-order valence-electron chi connectivity index (χ3n) is 2.49. The normalized spacial score (nSPS) is 30.0. The van der Waals surface area contributed by atoms with Crippen molar-refractivity contribution in [2.24, 2.45) is 0 Å². The maximum absolute atomic E-state index is 11.4. The Kier molecular flexibility index (Phi) is 19.3. The van der Waals surface area contributed by atoms with Gasteiger partial charge >= 0.3 is 5.97 Å². The van der Waals surface area contributed by atoms with Crippen LogP contribution in [0.3, 0.4) is 0 Å². The molecule has 1 fully saturated rings. The molecular formula is C9H12Ac3Cl3NO7. The first-order valence-electron chi connectivity index (χ1n) is 5.19. The summed E-state index contributed by atoms with van der Waals surface area (Å²) in [5, 5.41) is 36.2. The second-order valence-corrected chi connectivity index (χ2v) is 6.15. The molecule has 4 N–H and O–H groups in total. The van der Waals surface area contributed by atoms with Gasteiger partial charge in [-0.2, -0.15) is 0 Å². The predicted molar refractivity (Wildman–Crippen MR) is 67.8 cm³/mol. The number of aliphatic hydroxyl groups excluding tert-OH is 3. The molecule has 23 heavy (non-hydrogen) atoms. The number of hydrogen-bond acceptors (Lipinski definition) is 8. The number of methoxy groups -OCH3 is 1. The van der Waals surface area contributed by atoms with Crippen LogP contribution in [0.4, 0.5) is 0 Å². The van der Waals surface area contributed by atoms with Crippen LogP contribution in [0.15, 0.2) is 0 Å². The summed E-state index contributed by atoms with van der Waals surface area (Å²) >= 11 is 16.1. The van der Waals surface area contributed by atoms with Crippen molar-refractivity contribution >= 4 is 46.7 Å². The molecule has 0 saturated carbocycles. The summed E-state index contributed by atoms with van der Waals surface area (Å²) in [4.78, 5) is 11.4. The Morgan fingerprint density at radius 1 is 1.09 bits per heavy atom. The summed E-state index contributed by atoms with van der Waals surface area (Å²) in [7, 11) is 1.04. The van der Waals surface area contributed by atoms with Crippen LogP contribution in [-0.2, 0) is 19.0 Å². The standard InChI is InChI=1S/C9H12Cl3NO7.3Ac/c1-18-6(17)5-3(15)2(14)4(16)7(19-5)20-8(13)9(10,11)12;;;/h2-5,7,13-16H,1H3;;;/t2?,3?,4?,5-,7?;;;/m0.../s1. The van der Waals surface area contributed by atoms with E-state index >= 15 is 0 Å². The van der Waals surface area contributed by atoms with Gasteiger partial charge in [-0.3, -0.25) is 5.41 Å². The predicted octanol–water partition coefficient (Wildman–Crippen LogP) is -0.669. The van der Waals surface area contributed by atoms with Crippen LogP contribution in [0.25, 0.3) is 0 Å². The zero-order chi connectivity index (χ0) is 15.7. The van der Waals surface area contributed by atoms with Crippen molar-refractivity contribution in [3.8, 4) is 0 Å².